The molecule has 6 rings (SSSR count). The topological polar surface area (TPSA) is 111 Å². The lowest BCUT2D eigenvalue weighted by molar-refractivity contribution is 0.102. The number of aryl methyl sites for hydroxylation is 1. The summed E-state index contributed by atoms with van der Waals surface area (Å²) >= 11 is 0. The highest BCUT2D eigenvalue weighted by Gasteiger charge is 2.26. The Morgan fingerprint density at radius 2 is 2.06 bits per heavy atom. The first-order chi connectivity index (χ1) is 16.6. The first kappa shape index (κ1) is 20.5. The first-order valence-corrected chi connectivity index (χ1v) is 11.3. The van der Waals surface area contributed by atoms with E-state index in [4.69, 9.17) is 0 Å². The van der Waals surface area contributed by atoms with E-state index >= 15 is 0 Å². The third-order valence-corrected chi connectivity index (χ3v) is 6.26. The van der Waals surface area contributed by atoms with Gasteiger partial charge in [0, 0.05) is 31.1 Å². The minimum Gasteiger partial charge on any atom is -0.506 e. The highest BCUT2D eigenvalue weighted by molar-refractivity contribution is 6.04. The number of aromatic hydroxyl groups is 1. The molecule has 10 heteroatoms. The molecule has 1 aliphatic carbocycles. The molecular weight excluding hydrogens is 437 g/mol. The van der Waals surface area contributed by atoms with Crippen molar-refractivity contribution >= 4 is 11.7 Å². The second kappa shape index (κ2) is 8.05. The number of carbonyl (C=O) groups is 1. The number of anilines is 1. The summed E-state index contributed by atoms with van der Waals surface area (Å²) in [6, 6.07) is 7.44. The monoisotopic (exact) mass is 459 g/mol. The average Bonchev–Trinajstić information content (AvgIpc) is 3.41. The van der Waals surface area contributed by atoms with E-state index in [-0.39, 0.29) is 22.8 Å². The van der Waals surface area contributed by atoms with Crippen LogP contribution in [0.15, 0.2) is 42.9 Å². The van der Waals surface area contributed by atoms with Crippen LogP contribution >= 0.6 is 0 Å². The molecule has 1 fully saturated rings. The number of nitrogens with one attached hydrogen (secondary N) is 1. The number of hydrogen-bond acceptors (Lipinski definition) is 6. The molecule has 1 aliphatic heterocycles. The molecular formula is C24H22FN7O2. The van der Waals surface area contributed by atoms with E-state index in [1.165, 1.54) is 6.07 Å². The minimum atomic E-state index is -0.830. The molecule has 1 saturated carbocycles. The summed E-state index contributed by atoms with van der Waals surface area (Å²) in [6.07, 6.45) is 8.56. The summed E-state index contributed by atoms with van der Waals surface area (Å²) in [4.78, 5) is 21.8. The SMILES string of the molecule is O=C(Nc1cccc(-c2nnc3n2CCCC3)n1)c1cc(-n2cnc(C3CC3)c2)c(O)cc1F. The van der Waals surface area contributed by atoms with Crippen LogP contribution in [0, 0.1) is 5.82 Å². The van der Waals surface area contributed by atoms with Crippen LogP contribution < -0.4 is 5.32 Å². The number of nitrogens with zero attached hydrogens (tertiary/aromatic N) is 6. The number of hydrogen-bond donors (Lipinski definition) is 2. The van der Waals surface area contributed by atoms with Gasteiger partial charge in [-0.25, -0.2) is 14.4 Å². The number of halogens is 1. The summed E-state index contributed by atoms with van der Waals surface area (Å²) in [5.74, 6) is 0.504. The average molecular weight is 459 g/mol. The summed E-state index contributed by atoms with van der Waals surface area (Å²) in [7, 11) is 0. The van der Waals surface area contributed by atoms with E-state index in [1.807, 2.05) is 4.57 Å². The molecule has 172 valence electrons. The molecule has 4 heterocycles. The van der Waals surface area contributed by atoms with Gasteiger partial charge in [0.05, 0.1) is 23.3 Å². The van der Waals surface area contributed by atoms with Gasteiger partial charge in [0.25, 0.3) is 5.91 Å². The third-order valence-electron chi connectivity index (χ3n) is 6.26. The molecule has 0 spiro atoms. The molecule has 0 unspecified atom stereocenters. The number of phenolic OH excluding ortho intramolecular Hbond substituents is 1. The van der Waals surface area contributed by atoms with E-state index in [1.54, 1.807) is 35.3 Å². The van der Waals surface area contributed by atoms with Crippen molar-refractivity contribution in [3.63, 3.8) is 0 Å². The summed E-state index contributed by atoms with van der Waals surface area (Å²) in [6.45, 7) is 0.828. The lowest BCUT2D eigenvalue weighted by Gasteiger charge is -2.14. The Morgan fingerprint density at radius 3 is 2.91 bits per heavy atom. The summed E-state index contributed by atoms with van der Waals surface area (Å²) in [5.41, 5.74) is 1.58. The Morgan fingerprint density at radius 1 is 1.18 bits per heavy atom. The van der Waals surface area contributed by atoms with Crippen molar-refractivity contribution in [1.29, 1.82) is 0 Å². The number of aromatic nitrogens is 6. The first-order valence-electron chi connectivity index (χ1n) is 11.3. The zero-order valence-corrected chi connectivity index (χ0v) is 18.3. The smallest absolute Gasteiger partial charge is 0.259 e. The van der Waals surface area contributed by atoms with E-state index in [0.717, 1.165) is 56.2 Å². The van der Waals surface area contributed by atoms with Gasteiger partial charge in [-0.3, -0.25) is 4.79 Å². The zero-order chi connectivity index (χ0) is 23.2. The van der Waals surface area contributed by atoms with Crippen LogP contribution in [0.4, 0.5) is 10.2 Å². The highest BCUT2D eigenvalue weighted by Crippen LogP contribution is 2.39. The number of phenols is 1. The van der Waals surface area contributed by atoms with Gasteiger partial charge in [-0.2, -0.15) is 0 Å². The second-order valence-corrected chi connectivity index (χ2v) is 8.71. The van der Waals surface area contributed by atoms with Gasteiger partial charge in [-0.05, 0) is 43.9 Å². The molecule has 3 aromatic heterocycles. The van der Waals surface area contributed by atoms with Gasteiger partial charge in [0.2, 0.25) is 0 Å². The Bertz CT molecular complexity index is 1410. The predicted molar refractivity (Wildman–Crippen MR) is 121 cm³/mol. The Balaban J connectivity index is 1.27. The van der Waals surface area contributed by atoms with Gasteiger partial charge < -0.3 is 19.6 Å². The number of fused-ring (bicyclic) bond motifs is 1. The molecule has 2 N–H and O–H groups in total. The molecule has 4 aromatic rings. The normalized spacial score (nSPS) is 15.2. The quantitative estimate of drug-likeness (QED) is 0.469. The lowest BCUT2D eigenvalue weighted by atomic mass is 10.1. The predicted octanol–water partition coefficient (Wildman–Crippen LogP) is 3.84. The number of rotatable bonds is 5. The third kappa shape index (κ3) is 3.70. The molecule has 0 radical (unpaired) electrons. The van der Waals surface area contributed by atoms with Crippen molar-refractivity contribution in [3.8, 4) is 23.0 Å². The van der Waals surface area contributed by atoms with E-state index in [0.29, 0.717) is 17.4 Å². The van der Waals surface area contributed by atoms with Crippen LogP contribution in [0.3, 0.4) is 0 Å². The summed E-state index contributed by atoms with van der Waals surface area (Å²) in [5, 5.41) is 21.5. The van der Waals surface area contributed by atoms with Crippen molar-refractivity contribution in [2.45, 2.75) is 44.6 Å². The fraction of sp³-hybridized carbons (Fsp3) is 0.292. The molecule has 34 heavy (non-hydrogen) atoms. The van der Waals surface area contributed by atoms with Crippen molar-refractivity contribution in [3.05, 3.63) is 65.8 Å². The molecule has 1 amide bonds. The minimum absolute atomic E-state index is 0.207. The lowest BCUT2D eigenvalue weighted by Crippen LogP contribution is -2.16. The molecule has 2 aliphatic rings. The van der Waals surface area contributed by atoms with Crippen molar-refractivity contribution in [2.24, 2.45) is 0 Å². The van der Waals surface area contributed by atoms with Gasteiger partial charge in [-0.1, -0.05) is 6.07 Å². The van der Waals surface area contributed by atoms with Gasteiger partial charge >= 0.3 is 0 Å². The van der Waals surface area contributed by atoms with Crippen LogP contribution in [0.2, 0.25) is 0 Å². The van der Waals surface area contributed by atoms with E-state index < -0.39 is 11.7 Å². The van der Waals surface area contributed by atoms with Crippen molar-refractivity contribution in [2.75, 3.05) is 5.32 Å². The zero-order valence-electron chi connectivity index (χ0n) is 18.3. The van der Waals surface area contributed by atoms with Crippen LogP contribution in [0.25, 0.3) is 17.2 Å². The maximum atomic E-state index is 14.6. The molecule has 9 nitrogen and oxygen atoms in total. The standard InChI is InChI=1S/C24H22FN7O2/c25-16-11-20(33)19(31-12-18(26-13-31)14-7-8-14)10-15(16)24(34)28-21-5-3-4-17(27-21)23-30-29-22-6-1-2-9-32(22)23/h3-5,10-14,33H,1-2,6-9H2,(H,27,28,34). The highest BCUT2D eigenvalue weighted by atomic mass is 19.1. The van der Waals surface area contributed by atoms with E-state index in [2.05, 4.69) is 25.5 Å². The van der Waals surface area contributed by atoms with E-state index in [9.17, 15) is 14.3 Å². The van der Waals surface area contributed by atoms with Crippen LogP contribution in [0.1, 0.15) is 53.5 Å². The number of pyridine rings is 1. The fourth-order valence-electron chi connectivity index (χ4n) is 4.30. The molecule has 0 atom stereocenters. The van der Waals surface area contributed by atoms with Crippen LogP contribution in [0.5, 0.6) is 5.75 Å². The fourth-order valence-corrected chi connectivity index (χ4v) is 4.30. The summed E-state index contributed by atoms with van der Waals surface area (Å²) < 4.78 is 18.3. The Hall–Kier alpha value is -4.08. The maximum Gasteiger partial charge on any atom is 0.259 e. The second-order valence-electron chi connectivity index (χ2n) is 8.71. The van der Waals surface area contributed by atoms with Crippen molar-refractivity contribution < 1.29 is 14.3 Å². The van der Waals surface area contributed by atoms with Crippen molar-refractivity contribution in [1.82, 2.24) is 29.3 Å². The molecule has 0 bridgehead atoms. The number of carbonyl (C=O) groups excluding carboxylic acids is 1. The number of benzene rings is 1. The maximum absolute atomic E-state index is 14.6. The largest absolute Gasteiger partial charge is 0.506 e. The Kier molecular flexibility index (Phi) is 4.86. The van der Waals surface area contributed by atoms with Crippen LogP contribution in [-0.4, -0.2) is 40.3 Å². The Labute approximate surface area is 194 Å². The number of imidazole rings is 1. The van der Waals surface area contributed by atoms with Gasteiger partial charge in [0.15, 0.2) is 5.82 Å². The van der Waals surface area contributed by atoms with Crippen LogP contribution in [-0.2, 0) is 13.0 Å². The van der Waals surface area contributed by atoms with Gasteiger partial charge in [-0.15, -0.1) is 10.2 Å². The molecule has 0 saturated heterocycles. The number of amides is 1. The van der Waals surface area contributed by atoms with Gasteiger partial charge in [0.1, 0.15) is 28.9 Å². The molecule has 1 aromatic carbocycles.